The first kappa shape index (κ1) is 19.1. The van der Waals surface area contributed by atoms with Gasteiger partial charge in [-0.2, -0.15) is 0 Å². The smallest absolute Gasteiger partial charge is 0.307 e. The van der Waals surface area contributed by atoms with Crippen molar-refractivity contribution in [3.05, 3.63) is 65.0 Å². The number of carbonyl (C=O) groups excluding carboxylic acids is 1. The third-order valence-corrected chi connectivity index (χ3v) is 5.16. The van der Waals surface area contributed by atoms with Gasteiger partial charge < -0.3 is 5.32 Å². The molecule has 1 heterocycles. The highest BCUT2D eigenvalue weighted by Crippen LogP contribution is 2.32. The summed E-state index contributed by atoms with van der Waals surface area (Å²) in [5, 5.41) is 8.46. The van der Waals surface area contributed by atoms with Crippen LogP contribution in [-0.2, 0) is 0 Å². The van der Waals surface area contributed by atoms with Gasteiger partial charge in [-0.15, -0.1) is 11.3 Å². The average molecular weight is 380 g/mol. The zero-order chi connectivity index (χ0) is 19.4. The van der Waals surface area contributed by atoms with Crippen LogP contribution in [0.5, 0.6) is 0 Å². The zero-order valence-corrected chi connectivity index (χ0v) is 16.9. The van der Waals surface area contributed by atoms with E-state index in [2.05, 4.69) is 61.5 Å². The molecule has 2 aromatic carbocycles. The van der Waals surface area contributed by atoms with Crippen molar-refractivity contribution in [1.29, 1.82) is 0 Å². The standard InChI is InChI=1S/C22H25N3OS/c1-14(2)17-11-8-12-18(15(3)4)20(17)24-21(26)25-22-23-19(13-27-22)16-9-6-5-7-10-16/h5-15H,1-4H3,(H2,23,24,25,26). The minimum Gasteiger partial charge on any atom is -0.307 e. The second kappa shape index (κ2) is 8.35. The lowest BCUT2D eigenvalue weighted by atomic mass is 9.93. The molecule has 0 bridgehead atoms. The summed E-state index contributed by atoms with van der Waals surface area (Å²) in [6.07, 6.45) is 0. The van der Waals surface area contributed by atoms with Gasteiger partial charge in [-0.3, -0.25) is 5.32 Å². The van der Waals surface area contributed by atoms with Crippen LogP contribution in [0.2, 0.25) is 0 Å². The molecule has 4 nitrogen and oxygen atoms in total. The first-order chi connectivity index (χ1) is 13.0. The molecule has 3 aromatic rings. The Labute approximate surface area is 164 Å². The summed E-state index contributed by atoms with van der Waals surface area (Å²) in [5.74, 6) is 0.645. The predicted octanol–water partition coefficient (Wildman–Crippen LogP) is 6.70. The number of hydrogen-bond acceptors (Lipinski definition) is 3. The van der Waals surface area contributed by atoms with Crippen molar-refractivity contribution in [2.45, 2.75) is 39.5 Å². The summed E-state index contributed by atoms with van der Waals surface area (Å²) in [7, 11) is 0. The van der Waals surface area contributed by atoms with E-state index in [1.807, 2.05) is 35.7 Å². The van der Waals surface area contributed by atoms with Crippen LogP contribution >= 0.6 is 11.3 Å². The van der Waals surface area contributed by atoms with E-state index in [-0.39, 0.29) is 6.03 Å². The first-order valence-electron chi connectivity index (χ1n) is 9.17. The van der Waals surface area contributed by atoms with E-state index < -0.39 is 0 Å². The molecule has 0 aliphatic carbocycles. The van der Waals surface area contributed by atoms with Crippen LogP contribution < -0.4 is 10.6 Å². The van der Waals surface area contributed by atoms with E-state index in [0.29, 0.717) is 17.0 Å². The van der Waals surface area contributed by atoms with E-state index in [1.54, 1.807) is 0 Å². The number of carbonyl (C=O) groups is 1. The Morgan fingerprint density at radius 3 is 2.11 bits per heavy atom. The molecule has 0 radical (unpaired) electrons. The maximum Gasteiger partial charge on any atom is 0.325 e. The molecule has 0 aliphatic heterocycles. The molecule has 2 N–H and O–H groups in total. The molecule has 5 heteroatoms. The number of nitrogens with one attached hydrogen (secondary N) is 2. The molecule has 140 valence electrons. The molecule has 0 atom stereocenters. The van der Waals surface area contributed by atoms with E-state index in [9.17, 15) is 4.79 Å². The number of rotatable bonds is 5. The summed E-state index contributed by atoms with van der Waals surface area (Å²) in [5.41, 5.74) is 5.08. The fraction of sp³-hybridized carbons (Fsp3) is 0.273. The lowest BCUT2D eigenvalue weighted by Crippen LogP contribution is -2.21. The Bertz CT molecular complexity index is 890. The van der Waals surface area contributed by atoms with Gasteiger partial charge in [-0.05, 0) is 23.0 Å². The molecular formula is C22H25N3OS. The van der Waals surface area contributed by atoms with Crippen molar-refractivity contribution in [2.75, 3.05) is 10.6 Å². The van der Waals surface area contributed by atoms with Gasteiger partial charge in [0.25, 0.3) is 0 Å². The monoisotopic (exact) mass is 379 g/mol. The second-order valence-electron chi connectivity index (χ2n) is 7.10. The average Bonchev–Trinajstić information content (AvgIpc) is 3.10. The van der Waals surface area contributed by atoms with Crippen LogP contribution in [0, 0.1) is 0 Å². The number of nitrogens with zero attached hydrogens (tertiary/aromatic N) is 1. The quantitative estimate of drug-likeness (QED) is 0.518. The van der Waals surface area contributed by atoms with Gasteiger partial charge in [-0.25, -0.2) is 9.78 Å². The fourth-order valence-corrected chi connectivity index (χ4v) is 3.72. The van der Waals surface area contributed by atoms with Gasteiger partial charge in [0.2, 0.25) is 0 Å². The van der Waals surface area contributed by atoms with Crippen LogP contribution in [0.3, 0.4) is 0 Å². The molecule has 0 spiro atoms. The van der Waals surface area contributed by atoms with Gasteiger partial charge in [0.15, 0.2) is 5.13 Å². The molecule has 27 heavy (non-hydrogen) atoms. The van der Waals surface area contributed by atoms with Crippen molar-refractivity contribution in [2.24, 2.45) is 0 Å². The number of thiazole rings is 1. The van der Waals surface area contributed by atoms with Gasteiger partial charge >= 0.3 is 6.03 Å². The van der Waals surface area contributed by atoms with Gasteiger partial charge in [0, 0.05) is 16.6 Å². The van der Waals surface area contributed by atoms with Crippen LogP contribution in [0.1, 0.15) is 50.7 Å². The molecule has 0 unspecified atom stereocenters. The van der Waals surface area contributed by atoms with Crippen molar-refractivity contribution in [3.8, 4) is 11.3 Å². The topological polar surface area (TPSA) is 54.0 Å². The number of amides is 2. The largest absolute Gasteiger partial charge is 0.325 e. The van der Waals surface area contributed by atoms with E-state index in [4.69, 9.17) is 0 Å². The third kappa shape index (κ3) is 4.55. The number of para-hydroxylation sites is 1. The van der Waals surface area contributed by atoms with Crippen LogP contribution in [0.4, 0.5) is 15.6 Å². The summed E-state index contributed by atoms with van der Waals surface area (Å²) in [6.45, 7) is 8.54. The van der Waals surface area contributed by atoms with Crippen LogP contribution in [0.15, 0.2) is 53.9 Å². The fourth-order valence-electron chi connectivity index (χ4n) is 3.01. The second-order valence-corrected chi connectivity index (χ2v) is 7.96. The van der Waals surface area contributed by atoms with Crippen molar-refractivity contribution < 1.29 is 4.79 Å². The summed E-state index contributed by atoms with van der Waals surface area (Å²) < 4.78 is 0. The number of benzene rings is 2. The molecule has 0 aliphatic rings. The Kier molecular flexibility index (Phi) is 5.91. The zero-order valence-electron chi connectivity index (χ0n) is 16.1. The van der Waals surface area contributed by atoms with Gasteiger partial charge in [-0.1, -0.05) is 76.2 Å². The first-order valence-corrected chi connectivity index (χ1v) is 10.1. The highest BCUT2D eigenvalue weighted by molar-refractivity contribution is 7.14. The number of anilines is 2. The molecule has 1 aromatic heterocycles. The minimum absolute atomic E-state index is 0.265. The lowest BCUT2D eigenvalue weighted by molar-refractivity contribution is 0.262. The molecule has 0 saturated heterocycles. The maximum absolute atomic E-state index is 12.6. The van der Waals surface area contributed by atoms with Crippen LogP contribution in [-0.4, -0.2) is 11.0 Å². The van der Waals surface area contributed by atoms with Crippen molar-refractivity contribution in [3.63, 3.8) is 0 Å². The van der Waals surface area contributed by atoms with Crippen molar-refractivity contribution in [1.82, 2.24) is 4.98 Å². The van der Waals surface area contributed by atoms with E-state index >= 15 is 0 Å². The Morgan fingerprint density at radius 1 is 0.889 bits per heavy atom. The predicted molar refractivity (Wildman–Crippen MR) is 115 cm³/mol. The number of aromatic nitrogens is 1. The number of hydrogen-bond donors (Lipinski definition) is 2. The number of urea groups is 1. The Morgan fingerprint density at radius 2 is 1.52 bits per heavy atom. The van der Waals surface area contributed by atoms with Crippen LogP contribution in [0.25, 0.3) is 11.3 Å². The SMILES string of the molecule is CC(C)c1cccc(C(C)C)c1NC(=O)Nc1nc(-c2ccccc2)cs1. The highest BCUT2D eigenvalue weighted by atomic mass is 32.1. The highest BCUT2D eigenvalue weighted by Gasteiger charge is 2.16. The summed E-state index contributed by atoms with van der Waals surface area (Å²) in [6, 6.07) is 15.9. The Hall–Kier alpha value is -2.66. The molecule has 2 amide bonds. The molecule has 0 saturated carbocycles. The van der Waals surface area contributed by atoms with E-state index in [0.717, 1.165) is 28.1 Å². The third-order valence-electron chi connectivity index (χ3n) is 4.41. The summed E-state index contributed by atoms with van der Waals surface area (Å²) in [4.78, 5) is 17.1. The normalized spacial score (nSPS) is 11.0. The van der Waals surface area contributed by atoms with Gasteiger partial charge in [0.1, 0.15) is 0 Å². The van der Waals surface area contributed by atoms with Gasteiger partial charge in [0.05, 0.1) is 5.69 Å². The lowest BCUT2D eigenvalue weighted by Gasteiger charge is -2.20. The minimum atomic E-state index is -0.265. The molecule has 0 fully saturated rings. The molecule has 3 rings (SSSR count). The summed E-state index contributed by atoms with van der Waals surface area (Å²) >= 11 is 1.42. The Balaban J connectivity index is 1.78. The molecular weight excluding hydrogens is 354 g/mol. The van der Waals surface area contributed by atoms with E-state index in [1.165, 1.54) is 11.3 Å². The van der Waals surface area contributed by atoms with Crippen molar-refractivity contribution >= 4 is 28.2 Å². The maximum atomic E-state index is 12.6.